The molecule has 0 amide bonds. The molecule has 138 valence electrons. The standard InChI is InChI=1S/C19H16ClN3O2S2/c1-10-11(2)27-17-16(10)18(24)23(3)19(22-17)26-9-15-21-8-14(25-15)12-5-4-6-13(20)7-12/h4-8H,9H2,1-3H3. The summed E-state index contributed by atoms with van der Waals surface area (Å²) in [5.41, 5.74) is 1.87. The smallest absolute Gasteiger partial charge is 0.262 e. The molecule has 0 atom stereocenters. The van der Waals surface area contributed by atoms with Gasteiger partial charge in [-0.05, 0) is 31.5 Å². The summed E-state index contributed by atoms with van der Waals surface area (Å²) in [7, 11) is 1.75. The highest BCUT2D eigenvalue weighted by atomic mass is 35.5. The number of oxazole rings is 1. The molecule has 4 aromatic rings. The monoisotopic (exact) mass is 417 g/mol. The fourth-order valence-corrected chi connectivity index (χ4v) is 4.85. The number of aromatic nitrogens is 3. The first-order valence-corrected chi connectivity index (χ1v) is 10.4. The van der Waals surface area contributed by atoms with Crippen molar-refractivity contribution in [3.05, 3.63) is 62.2 Å². The minimum atomic E-state index is -0.0172. The second kappa shape index (κ2) is 7.14. The van der Waals surface area contributed by atoms with Crippen LogP contribution < -0.4 is 5.56 Å². The van der Waals surface area contributed by atoms with Gasteiger partial charge in [0.05, 0.1) is 17.3 Å². The summed E-state index contributed by atoms with van der Waals surface area (Å²) in [4.78, 5) is 23.6. The molecular weight excluding hydrogens is 402 g/mol. The molecule has 0 spiro atoms. The van der Waals surface area contributed by atoms with Gasteiger partial charge in [-0.3, -0.25) is 9.36 Å². The van der Waals surface area contributed by atoms with Gasteiger partial charge in [-0.2, -0.15) is 0 Å². The molecule has 3 aromatic heterocycles. The molecular formula is C19H16ClN3O2S2. The maximum Gasteiger partial charge on any atom is 0.262 e. The van der Waals surface area contributed by atoms with E-state index < -0.39 is 0 Å². The first kappa shape index (κ1) is 18.3. The molecule has 0 saturated heterocycles. The Morgan fingerprint density at radius 1 is 1.33 bits per heavy atom. The van der Waals surface area contributed by atoms with E-state index in [1.165, 1.54) is 11.8 Å². The zero-order chi connectivity index (χ0) is 19.1. The van der Waals surface area contributed by atoms with Crippen LogP contribution in [-0.4, -0.2) is 14.5 Å². The molecule has 4 rings (SSSR count). The van der Waals surface area contributed by atoms with Crippen molar-refractivity contribution < 1.29 is 4.42 Å². The highest BCUT2D eigenvalue weighted by Crippen LogP contribution is 2.30. The second-order valence-corrected chi connectivity index (χ2v) is 8.72. The van der Waals surface area contributed by atoms with Crippen molar-refractivity contribution in [2.45, 2.75) is 24.8 Å². The van der Waals surface area contributed by atoms with Crippen molar-refractivity contribution in [1.82, 2.24) is 14.5 Å². The van der Waals surface area contributed by atoms with Gasteiger partial charge in [-0.1, -0.05) is 35.5 Å². The van der Waals surface area contributed by atoms with E-state index in [2.05, 4.69) is 9.97 Å². The van der Waals surface area contributed by atoms with Crippen LogP contribution in [0.1, 0.15) is 16.3 Å². The molecule has 0 saturated carbocycles. The van der Waals surface area contributed by atoms with Crippen LogP contribution in [0.2, 0.25) is 5.02 Å². The summed E-state index contributed by atoms with van der Waals surface area (Å²) in [6.45, 7) is 3.98. The Balaban J connectivity index is 1.59. The van der Waals surface area contributed by atoms with Crippen LogP contribution in [0, 0.1) is 13.8 Å². The molecule has 27 heavy (non-hydrogen) atoms. The Labute approximate surface area is 169 Å². The lowest BCUT2D eigenvalue weighted by atomic mass is 10.2. The van der Waals surface area contributed by atoms with Crippen molar-refractivity contribution in [1.29, 1.82) is 0 Å². The summed E-state index contributed by atoms with van der Waals surface area (Å²) in [5.74, 6) is 1.72. The van der Waals surface area contributed by atoms with Gasteiger partial charge in [0.2, 0.25) is 5.89 Å². The topological polar surface area (TPSA) is 60.9 Å². The Hall–Kier alpha value is -2.09. The van der Waals surface area contributed by atoms with E-state index >= 15 is 0 Å². The SMILES string of the molecule is Cc1sc2nc(SCc3ncc(-c4cccc(Cl)c4)o3)n(C)c(=O)c2c1C. The molecule has 0 bridgehead atoms. The molecule has 0 N–H and O–H groups in total. The summed E-state index contributed by atoms with van der Waals surface area (Å²) in [6, 6.07) is 7.44. The molecule has 0 fully saturated rings. The number of nitrogens with zero attached hydrogens (tertiary/aromatic N) is 3. The average Bonchev–Trinajstić information content (AvgIpc) is 3.22. The van der Waals surface area contributed by atoms with Crippen LogP contribution in [0.15, 0.2) is 44.8 Å². The van der Waals surface area contributed by atoms with Gasteiger partial charge < -0.3 is 4.42 Å². The normalized spacial score (nSPS) is 11.4. The lowest BCUT2D eigenvalue weighted by molar-refractivity contribution is 0.529. The van der Waals surface area contributed by atoms with E-state index in [1.54, 1.807) is 29.1 Å². The number of halogens is 1. The Bertz CT molecular complexity index is 1210. The largest absolute Gasteiger partial charge is 0.440 e. The number of benzene rings is 1. The van der Waals surface area contributed by atoms with Crippen molar-refractivity contribution in [2.75, 3.05) is 0 Å². The molecule has 0 aliphatic carbocycles. The van der Waals surface area contributed by atoms with Gasteiger partial charge in [-0.15, -0.1) is 11.3 Å². The number of hydrogen-bond donors (Lipinski definition) is 0. The molecule has 0 aliphatic heterocycles. The predicted octanol–water partition coefficient (Wildman–Crippen LogP) is 5.21. The third kappa shape index (κ3) is 3.42. The fraction of sp³-hybridized carbons (Fsp3) is 0.211. The molecule has 0 radical (unpaired) electrons. The predicted molar refractivity (Wildman–Crippen MR) is 111 cm³/mol. The molecule has 8 heteroatoms. The Kier molecular flexibility index (Phi) is 4.84. The fourth-order valence-electron chi connectivity index (χ4n) is 2.76. The first-order valence-electron chi connectivity index (χ1n) is 8.24. The van der Waals surface area contributed by atoms with Crippen LogP contribution >= 0.6 is 34.7 Å². The number of aryl methyl sites for hydroxylation is 2. The van der Waals surface area contributed by atoms with Gasteiger partial charge in [0.1, 0.15) is 4.83 Å². The number of hydrogen-bond acceptors (Lipinski definition) is 6. The maximum absolute atomic E-state index is 12.7. The number of fused-ring (bicyclic) bond motifs is 1. The highest BCUT2D eigenvalue weighted by Gasteiger charge is 2.16. The van der Waals surface area contributed by atoms with Gasteiger partial charge in [-0.25, -0.2) is 9.97 Å². The molecule has 5 nitrogen and oxygen atoms in total. The number of rotatable bonds is 4. The average molecular weight is 418 g/mol. The molecule has 1 aromatic carbocycles. The van der Waals surface area contributed by atoms with E-state index in [1.807, 2.05) is 38.1 Å². The van der Waals surface area contributed by atoms with Crippen LogP contribution in [0.5, 0.6) is 0 Å². The highest BCUT2D eigenvalue weighted by molar-refractivity contribution is 7.98. The van der Waals surface area contributed by atoms with Gasteiger partial charge in [0, 0.05) is 22.5 Å². The van der Waals surface area contributed by atoms with Crippen molar-refractivity contribution in [3.8, 4) is 11.3 Å². The van der Waals surface area contributed by atoms with Gasteiger partial charge >= 0.3 is 0 Å². The Morgan fingerprint density at radius 2 is 2.15 bits per heavy atom. The van der Waals surface area contributed by atoms with Crippen molar-refractivity contribution >= 4 is 44.9 Å². The Morgan fingerprint density at radius 3 is 2.93 bits per heavy atom. The number of thioether (sulfide) groups is 1. The summed E-state index contributed by atoms with van der Waals surface area (Å²) in [5, 5.41) is 2.01. The minimum Gasteiger partial charge on any atom is -0.440 e. The van der Waals surface area contributed by atoms with Crippen molar-refractivity contribution in [2.24, 2.45) is 7.05 Å². The van der Waals surface area contributed by atoms with Crippen LogP contribution in [0.25, 0.3) is 21.5 Å². The zero-order valence-electron chi connectivity index (χ0n) is 14.9. The maximum atomic E-state index is 12.7. The summed E-state index contributed by atoms with van der Waals surface area (Å²) in [6.07, 6.45) is 1.68. The van der Waals surface area contributed by atoms with Crippen LogP contribution in [0.4, 0.5) is 0 Å². The van der Waals surface area contributed by atoms with E-state index in [0.29, 0.717) is 33.0 Å². The number of thiophene rings is 1. The van der Waals surface area contributed by atoms with Gasteiger partial charge in [0.25, 0.3) is 5.56 Å². The van der Waals surface area contributed by atoms with E-state index in [9.17, 15) is 4.79 Å². The minimum absolute atomic E-state index is 0.0172. The quantitative estimate of drug-likeness (QED) is 0.337. The van der Waals surface area contributed by atoms with Gasteiger partial charge in [0.15, 0.2) is 10.9 Å². The lowest BCUT2D eigenvalue weighted by Gasteiger charge is -2.06. The second-order valence-electron chi connectivity index (χ2n) is 6.14. The van der Waals surface area contributed by atoms with E-state index in [0.717, 1.165) is 20.8 Å². The first-order chi connectivity index (χ1) is 12.9. The molecule has 0 unspecified atom stereocenters. The van der Waals surface area contributed by atoms with Crippen LogP contribution in [-0.2, 0) is 12.8 Å². The zero-order valence-corrected chi connectivity index (χ0v) is 17.3. The molecule has 0 aliphatic rings. The summed E-state index contributed by atoms with van der Waals surface area (Å²) >= 11 is 9.01. The van der Waals surface area contributed by atoms with Crippen molar-refractivity contribution in [3.63, 3.8) is 0 Å². The lowest BCUT2D eigenvalue weighted by Crippen LogP contribution is -2.19. The van der Waals surface area contributed by atoms with E-state index in [-0.39, 0.29) is 5.56 Å². The molecule has 3 heterocycles. The van der Waals surface area contributed by atoms with Crippen LogP contribution in [0.3, 0.4) is 0 Å². The summed E-state index contributed by atoms with van der Waals surface area (Å²) < 4.78 is 7.41. The third-order valence-electron chi connectivity index (χ3n) is 4.36. The third-order valence-corrected chi connectivity index (χ3v) is 6.71. The van der Waals surface area contributed by atoms with E-state index in [4.69, 9.17) is 16.0 Å².